The van der Waals surface area contributed by atoms with Crippen LogP contribution < -0.4 is 10.2 Å². The van der Waals surface area contributed by atoms with Crippen molar-refractivity contribution in [1.82, 2.24) is 5.32 Å². The minimum absolute atomic E-state index is 0.194. The van der Waals surface area contributed by atoms with Gasteiger partial charge in [-0.25, -0.2) is 0 Å². The van der Waals surface area contributed by atoms with Crippen molar-refractivity contribution < 1.29 is 14.4 Å². The summed E-state index contributed by atoms with van der Waals surface area (Å²) >= 11 is 0. The number of anilines is 1. The lowest BCUT2D eigenvalue weighted by Crippen LogP contribution is -2.51. The molecular formula is C18H22N2O3. The summed E-state index contributed by atoms with van der Waals surface area (Å²) < 4.78 is 0. The molecule has 0 aromatic heterocycles. The molecule has 1 aromatic rings. The fraction of sp³-hybridized carbons (Fsp3) is 0.500. The quantitative estimate of drug-likeness (QED) is 0.868. The first-order valence-corrected chi connectivity index (χ1v) is 8.23. The third-order valence-corrected chi connectivity index (χ3v) is 4.97. The maximum atomic E-state index is 12.0. The van der Waals surface area contributed by atoms with Crippen LogP contribution in [0.3, 0.4) is 0 Å². The molecule has 2 aliphatic rings. The van der Waals surface area contributed by atoms with Gasteiger partial charge in [-0.3, -0.25) is 19.7 Å². The summed E-state index contributed by atoms with van der Waals surface area (Å²) in [6, 6.07) is 7.90. The molecule has 23 heavy (non-hydrogen) atoms. The highest BCUT2D eigenvalue weighted by Crippen LogP contribution is 2.33. The van der Waals surface area contributed by atoms with Gasteiger partial charge in [0, 0.05) is 32.0 Å². The molecule has 2 amide bonds. The average Bonchev–Trinajstić information content (AvgIpc) is 2.55. The van der Waals surface area contributed by atoms with Gasteiger partial charge in [0.25, 0.3) is 0 Å². The minimum Gasteiger partial charge on any atom is -0.363 e. The molecule has 0 unspecified atom stereocenters. The summed E-state index contributed by atoms with van der Waals surface area (Å²) in [7, 11) is 1.89. The standard InChI is InChI=1S/C18H22N2O3/c1-20(16-9-10-17(22)19-18(16)23)14-4-2-3-13(11-14)12-5-7-15(21)8-6-12/h2-4,11-12,16H,5-10H2,1H3,(H,19,22,23)/t16-/m0/s1. The number of piperidine rings is 1. The van der Waals surface area contributed by atoms with E-state index in [9.17, 15) is 14.4 Å². The van der Waals surface area contributed by atoms with Crippen molar-refractivity contribution in [3.63, 3.8) is 0 Å². The molecule has 1 atom stereocenters. The molecule has 122 valence electrons. The number of amides is 2. The number of nitrogens with zero attached hydrogens (tertiary/aromatic N) is 1. The number of likely N-dealkylation sites (N-methyl/N-ethyl adjacent to an activating group) is 1. The predicted molar refractivity (Wildman–Crippen MR) is 87.2 cm³/mol. The van der Waals surface area contributed by atoms with E-state index >= 15 is 0 Å². The number of ketones is 1. The maximum Gasteiger partial charge on any atom is 0.249 e. The highest BCUT2D eigenvalue weighted by Gasteiger charge is 2.30. The van der Waals surface area contributed by atoms with Crippen molar-refractivity contribution in [2.24, 2.45) is 0 Å². The molecule has 1 N–H and O–H groups in total. The molecule has 1 saturated carbocycles. The van der Waals surface area contributed by atoms with Crippen LogP contribution in [0.5, 0.6) is 0 Å². The number of carbonyl (C=O) groups is 3. The van der Waals surface area contributed by atoms with E-state index in [0.717, 1.165) is 18.5 Å². The minimum atomic E-state index is -0.309. The molecule has 0 bridgehead atoms. The molecule has 3 rings (SSSR count). The third kappa shape index (κ3) is 3.44. The van der Waals surface area contributed by atoms with E-state index in [2.05, 4.69) is 17.4 Å². The van der Waals surface area contributed by atoms with Crippen LogP contribution in [0, 0.1) is 0 Å². The van der Waals surface area contributed by atoms with Gasteiger partial charge in [0.05, 0.1) is 0 Å². The SMILES string of the molecule is CN(c1cccc(C2CCC(=O)CC2)c1)[C@H]1CCC(=O)NC1=O. The van der Waals surface area contributed by atoms with Gasteiger partial charge in [0.1, 0.15) is 11.8 Å². The van der Waals surface area contributed by atoms with Gasteiger partial charge in [0.2, 0.25) is 11.8 Å². The Labute approximate surface area is 136 Å². The number of hydrogen-bond donors (Lipinski definition) is 1. The zero-order valence-electron chi connectivity index (χ0n) is 13.4. The molecule has 1 saturated heterocycles. The summed E-state index contributed by atoms with van der Waals surface area (Å²) in [6.07, 6.45) is 4.07. The van der Waals surface area contributed by atoms with Crippen LogP contribution in [-0.2, 0) is 14.4 Å². The molecule has 5 heteroatoms. The third-order valence-electron chi connectivity index (χ3n) is 4.97. The lowest BCUT2D eigenvalue weighted by molar-refractivity contribution is -0.134. The average molecular weight is 314 g/mol. The van der Waals surface area contributed by atoms with Crippen molar-refractivity contribution in [1.29, 1.82) is 0 Å². The fourth-order valence-corrected chi connectivity index (χ4v) is 3.50. The van der Waals surface area contributed by atoms with Gasteiger partial charge in [0.15, 0.2) is 0 Å². The number of carbonyl (C=O) groups excluding carboxylic acids is 3. The first-order chi connectivity index (χ1) is 11.0. The van der Waals surface area contributed by atoms with Crippen LogP contribution in [-0.4, -0.2) is 30.7 Å². The number of nitrogens with one attached hydrogen (secondary N) is 1. The Balaban J connectivity index is 1.75. The Kier molecular flexibility index (Phi) is 4.46. The summed E-state index contributed by atoms with van der Waals surface area (Å²) in [4.78, 5) is 36.7. The Morgan fingerprint density at radius 3 is 2.48 bits per heavy atom. The number of imide groups is 1. The molecule has 5 nitrogen and oxygen atoms in total. The van der Waals surface area contributed by atoms with E-state index in [0.29, 0.717) is 37.4 Å². The highest BCUT2D eigenvalue weighted by atomic mass is 16.2. The molecule has 1 aromatic carbocycles. The second-order valence-corrected chi connectivity index (χ2v) is 6.49. The number of hydrogen-bond acceptors (Lipinski definition) is 4. The first kappa shape index (κ1) is 15.7. The zero-order valence-corrected chi connectivity index (χ0v) is 13.4. The number of Topliss-reactive ketones (excluding diaryl/α,β-unsaturated/α-hetero) is 1. The Morgan fingerprint density at radius 1 is 1.04 bits per heavy atom. The smallest absolute Gasteiger partial charge is 0.249 e. The van der Waals surface area contributed by atoms with Crippen molar-refractivity contribution in [3.8, 4) is 0 Å². The van der Waals surface area contributed by atoms with Gasteiger partial charge in [-0.1, -0.05) is 12.1 Å². The van der Waals surface area contributed by atoms with Gasteiger partial charge >= 0.3 is 0 Å². The van der Waals surface area contributed by atoms with Crippen LogP contribution in [0.1, 0.15) is 50.0 Å². The fourth-order valence-electron chi connectivity index (χ4n) is 3.50. The molecule has 1 heterocycles. The predicted octanol–water partition coefficient (Wildman–Crippen LogP) is 2.15. The van der Waals surface area contributed by atoms with Crippen LogP contribution >= 0.6 is 0 Å². The lowest BCUT2D eigenvalue weighted by atomic mass is 9.83. The molecule has 0 radical (unpaired) electrons. The summed E-state index contributed by atoms with van der Waals surface area (Å²) in [5.74, 6) is 0.360. The van der Waals surface area contributed by atoms with E-state index in [-0.39, 0.29) is 17.9 Å². The van der Waals surface area contributed by atoms with E-state index in [1.807, 2.05) is 24.1 Å². The second kappa shape index (κ2) is 6.52. The van der Waals surface area contributed by atoms with Crippen LogP contribution in [0.2, 0.25) is 0 Å². The maximum absolute atomic E-state index is 12.0. The zero-order chi connectivity index (χ0) is 16.4. The van der Waals surface area contributed by atoms with E-state index in [1.165, 1.54) is 5.56 Å². The van der Waals surface area contributed by atoms with Gasteiger partial charge in [-0.05, 0) is 42.9 Å². The normalized spacial score (nSPS) is 22.8. The van der Waals surface area contributed by atoms with E-state index in [4.69, 9.17) is 0 Å². The van der Waals surface area contributed by atoms with Crippen molar-refractivity contribution in [2.45, 2.75) is 50.5 Å². The Bertz CT molecular complexity index is 631. The van der Waals surface area contributed by atoms with E-state index in [1.54, 1.807) is 0 Å². The Hall–Kier alpha value is -2.17. The topological polar surface area (TPSA) is 66.5 Å². The van der Waals surface area contributed by atoms with Gasteiger partial charge in [-0.2, -0.15) is 0 Å². The second-order valence-electron chi connectivity index (χ2n) is 6.49. The Morgan fingerprint density at radius 2 is 1.78 bits per heavy atom. The lowest BCUT2D eigenvalue weighted by Gasteiger charge is -2.32. The molecule has 0 spiro atoms. The van der Waals surface area contributed by atoms with Crippen LogP contribution in [0.25, 0.3) is 0 Å². The van der Waals surface area contributed by atoms with E-state index < -0.39 is 0 Å². The van der Waals surface area contributed by atoms with Crippen molar-refractivity contribution in [3.05, 3.63) is 29.8 Å². The molecule has 1 aliphatic heterocycles. The number of rotatable bonds is 3. The first-order valence-electron chi connectivity index (χ1n) is 8.23. The molecular weight excluding hydrogens is 292 g/mol. The summed E-state index contributed by atoms with van der Waals surface area (Å²) in [6.45, 7) is 0. The van der Waals surface area contributed by atoms with Crippen molar-refractivity contribution >= 4 is 23.3 Å². The number of benzene rings is 1. The summed E-state index contributed by atoms with van der Waals surface area (Å²) in [5.41, 5.74) is 2.21. The largest absolute Gasteiger partial charge is 0.363 e. The van der Waals surface area contributed by atoms with Crippen molar-refractivity contribution in [2.75, 3.05) is 11.9 Å². The van der Waals surface area contributed by atoms with Crippen LogP contribution in [0.15, 0.2) is 24.3 Å². The van der Waals surface area contributed by atoms with Crippen LogP contribution in [0.4, 0.5) is 5.69 Å². The molecule has 1 aliphatic carbocycles. The van der Waals surface area contributed by atoms with Gasteiger partial charge < -0.3 is 4.90 Å². The van der Waals surface area contributed by atoms with Gasteiger partial charge in [-0.15, -0.1) is 0 Å². The molecule has 2 fully saturated rings. The monoisotopic (exact) mass is 314 g/mol. The highest BCUT2D eigenvalue weighted by molar-refractivity contribution is 6.01. The summed E-state index contributed by atoms with van der Waals surface area (Å²) in [5, 5.41) is 2.41.